The van der Waals surface area contributed by atoms with Gasteiger partial charge in [-0.1, -0.05) is 6.92 Å². The predicted molar refractivity (Wildman–Crippen MR) is 198 cm³/mol. The van der Waals surface area contributed by atoms with Gasteiger partial charge in [0, 0.05) is 51.0 Å². The van der Waals surface area contributed by atoms with Crippen molar-refractivity contribution in [2.75, 3.05) is 58.8 Å². The Morgan fingerprint density at radius 1 is 0.849 bits per heavy atom. The number of ether oxygens (including phenoxy) is 5. The van der Waals surface area contributed by atoms with Crippen LogP contribution in [0.1, 0.15) is 32.6 Å². The number of carboxylic acid groups (broad SMARTS) is 1. The Labute approximate surface area is 308 Å². The Hall–Kier alpha value is -5.42. The molecular weight excluding hydrogens is 710 g/mol. The fraction of sp³-hybridized carbons (Fsp3) is 0.417. The summed E-state index contributed by atoms with van der Waals surface area (Å²) < 4.78 is 61.8. The number of carbonyl (C=O) groups is 2. The van der Waals surface area contributed by atoms with E-state index in [4.69, 9.17) is 28.8 Å². The van der Waals surface area contributed by atoms with E-state index in [0.717, 1.165) is 12.8 Å². The molecule has 1 heterocycles. The fourth-order valence-electron chi connectivity index (χ4n) is 5.36. The third-order valence-electron chi connectivity index (χ3n) is 8.11. The molecule has 0 saturated carbocycles. The molecule has 3 N–H and O–H groups in total. The molecule has 4 aromatic rings. The van der Waals surface area contributed by atoms with Crippen molar-refractivity contribution in [3.63, 3.8) is 0 Å². The van der Waals surface area contributed by atoms with E-state index < -0.39 is 16.0 Å². The molecule has 0 fully saturated rings. The van der Waals surface area contributed by atoms with Crippen molar-refractivity contribution in [1.82, 2.24) is 19.4 Å². The van der Waals surface area contributed by atoms with Crippen LogP contribution in [0.5, 0.6) is 34.5 Å². The van der Waals surface area contributed by atoms with E-state index in [1.807, 2.05) is 18.9 Å². The summed E-state index contributed by atoms with van der Waals surface area (Å²) in [5, 5.41) is 11.3. The number of nitrogens with one attached hydrogen (secondary N) is 2. The molecule has 0 aliphatic rings. The third-order valence-corrected chi connectivity index (χ3v) is 9.48. The highest BCUT2D eigenvalue weighted by molar-refractivity contribution is 7.92. The van der Waals surface area contributed by atoms with Gasteiger partial charge >= 0.3 is 11.7 Å². The number of aryl methyl sites for hydroxylation is 2. The Morgan fingerprint density at radius 3 is 2.13 bits per heavy atom. The molecule has 0 bridgehead atoms. The second kappa shape index (κ2) is 18.4. The Morgan fingerprint density at radius 2 is 1.49 bits per heavy atom. The highest BCUT2D eigenvalue weighted by Gasteiger charge is 2.22. The molecule has 1 aromatic heterocycles. The molecule has 17 heteroatoms. The Balaban J connectivity index is 1.55. The minimum absolute atomic E-state index is 0.0792. The summed E-state index contributed by atoms with van der Waals surface area (Å²) in [6, 6.07) is 12.4. The van der Waals surface area contributed by atoms with E-state index in [1.54, 1.807) is 38.4 Å². The molecule has 4 rings (SSSR count). The summed E-state index contributed by atoms with van der Waals surface area (Å²) >= 11 is 0. The Kier molecular flexibility index (Phi) is 14.0. The van der Waals surface area contributed by atoms with E-state index in [-0.39, 0.29) is 53.2 Å². The number of aromatic nitrogens is 2. The van der Waals surface area contributed by atoms with Crippen LogP contribution in [-0.2, 0) is 33.7 Å². The zero-order valence-corrected chi connectivity index (χ0v) is 31.6. The van der Waals surface area contributed by atoms with Crippen LogP contribution in [0.15, 0.2) is 58.2 Å². The van der Waals surface area contributed by atoms with Crippen molar-refractivity contribution in [2.24, 2.45) is 14.1 Å². The Bertz CT molecular complexity index is 2080. The second-order valence-electron chi connectivity index (χ2n) is 12.2. The molecule has 16 nitrogen and oxygen atoms in total. The van der Waals surface area contributed by atoms with E-state index in [2.05, 4.69) is 10.0 Å². The standard InChI is InChI=1S/C36H47N5O11S/c1-7-15-50-24-17-25(51-16-9-8-14-39(2)23-34(42)37-13-12-35(43)44)19-26(18-24)52-32-22-30-29(40(3)36(45)41(30)4)21-28(32)38-53(46,47)27-10-11-31(48-5)33(20-27)49-6/h10-11,17-22,38H,7-9,12-16,23H2,1-6H3,(H,37,42)(H,43,44). The lowest BCUT2D eigenvalue weighted by Gasteiger charge is -2.17. The molecule has 0 aliphatic carbocycles. The maximum atomic E-state index is 13.7. The van der Waals surface area contributed by atoms with Crippen LogP contribution in [-0.4, -0.2) is 93.6 Å². The number of sulfonamides is 1. The lowest BCUT2D eigenvalue weighted by atomic mass is 10.2. The van der Waals surface area contributed by atoms with Gasteiger partial charge in [-0.05, 0) is 51.1 Å². The van der Waals surface area contributed by atoms with Gasteiger partial charge in [0.05, 0.1) is 62.0 Å². The number of amides is 1. The highest BCUT2D eigenvalue weighted by Crippen LogP contribution is 2.38. The monoisotopic (exact) mass is 757 g/mol. The summed E-state index contributed by atoms with van der Waals surface area (Å²) in [5.41, 5.74) is 0.764. The number of rotatable bonds is 21. The van der Waals surface area contributed by atoms with Crippen LogP contribution in [0.2, 0.25) is 0 Å². The average molecular weight is 758 g/mol. The first-order chi connectivity index (χ1) is 25.3. The lowest BCUT2D eigenvalue weighted by Crippen LogP contribution is -2.36. The summed E-state index contributed by atoms with van der Waals surface area (Å²) in [4.78, 5) is 37.3. The zero-order chi connectivity index (χ0) is 38.7. The summed E-state index contributed by atoms with van der Waals surface area (Å²) in [5.74, 6) is 0.740. The SMILES string of the molecule is CCCOc1cc(OCCCCN(C)CC(=O)NCCC(=O)O)cc(Oc2cc3c(cc2NS(=O)(=O)c2ccc(OC)c(OC)c2)n(C)c(=O)n3C)c1. The maximum Gasteiger partial charge on any atom is 0.328 e. The molecule has 0 radical (unpaired) electrons. The van der Waals surface area contributed by atoms with Gasteiger partial charge in [0.15, 0.2) is 17.2 Å². The quantitative estimate of drug-likeness (QED) is 0.104. The van der Waals surface area contributed by atoms with Crippen molar-refractivity contribution < 1.29 is 46.8 Å². The van der Waals surface area contributed by atoms with E-state index >= 15 is 0 Å². The van der Waals surface area contributed by atoms with E-state index in [0.29, 0.717) is 60.2 Å². The average Bonchev–Trinajstić information content (AvgIpc) is 3.32. The van der Waals surface area contributed by atoms with Crippen LogP contribution < -0.4 is 39.4 Å². The van der Waals surface area contributed by atoms with Crippen LogP contribution in [0.25, 0.3) is 11.0 Å². The first kappa shape index (κ1) is 40.4. The minimum atomic E-state index is -4.19. The molecule has 0 atom stereocenters. The first-order valence-electron chi connectivity index (χ1n) is 17.0. The van der Waals surface area contributed by atoms with Gasteiger partial charge in [-0.25, -0.2) is 13.2 Å². The van der Waals surface area contributed by atoms with Crippen molar-refractivity contribution in [1.29, 1.82) is 0 Å². The minimum Gasteiger partial charge on any atom is -0.493 e. The first-order valence-corrected chi connectivity index (χ1v) is 18.4. The maximum absolute atomic E-state index is 13.7. The molecule has 3 aromatic carbocycles. The van der Waals surface area contributed by atoms with Crippen molar-refractivity contribution in [3.05, 3.63) is 59.0 Å². The number of anilines is 1. The van der Waals surface area contributed by atoms with Gasteiger partial charge in [0.25, 0.3) is 10.0 Å². The van der Waals surface area contributed by atoms with Gasteiger partial charge in [-0.2, -0.15) is 0 Å². The number of hydrogen-bond acceptors (Lipinski definition) is 11. The van der Waals surface area contributed by atoms with Crippen LogP contribution >= 0.6 is 0 Å². The molecule has 0 saturated heterocycles. The van der Waals surface area contributed by atoms with Gasteiger partial charge in [0.1, 0.15) is 17.2 Å². The number of carbonyl (C=O) groups excluding carboxylic acids is 1. The number of methoxy groups -OCH3 is 2. The van der Waals surface area contributed by atoms with Gasteiger partial charge in [-0.15, -0.1) is 0 Å². The molecular formula is C36H47N5O11S. The van der Waals surface area contributed by atoms with E-state index in [1.165, 1.54) is 47.6 Å². The van der Waals surface area contributed by atoms with Crippen molar-refractivity contribution in [2.45, 2.75) is 37.5 Å². The lowest BCUT2D eigenvalue weighted by molar-refractivity contribution is -0.136. The summed E-state index contributed by atoms with van der Waals surface area (Å²) in [6.45, 7) is 3.62. The highest BCUT2D eigenvalue weighted by atomic mass is 32.2. The predicted octanol–water partition coefficient (Wildman–Crippen LogP) is 3.96. The summed E-state index contributed by atoms with van der Waals surface area (Å²) in [7, 11) is 3.68. The molecule has 0 spiro atoms. The number of imidazole rings is 1. The number of benzene rings is 3. The van der Waals surface area contributed by atoms with Crippen molar-refractivity contribution >= 4 is 38.6 Å². The molecule has 0 unspecified atom stereocenters. The smallest absolute Gasteiger partial charge is 0.328 e. The number of fused-ring (bicyclic) bond motifs is 1. The normalized spacial score (nSPS) is 11.4. The number of unbranched alkanes of at least 4 members (excludes halogenated alkanes) is 1. The molecule has 53 heavy (non-hydrogen) atoms. The number of hydrogen-bond donors (Lipinski definition) is 3. The number of nitrogens with zero attached hydrogens (tertiary/aromatic N) is 3. The van der Waals surface area contributed by atoms with Crippen LogP contribution in [0.3, 0.4) is 0 Å². The third kappa shape index (κ3) is 10.8. The number of likely N-dealkylation sites (N-methyl/N-ethyl adjacent to an activating group) is 1. The topological polar surface area (TPSA) is 189 Å². The van der Waals surface area contributed by atoms with Crippen molar-refractivity contribution in [3.8, 4) is 34.5 Å². The van der Waals surface area contributed by atoms with Gasteiger partial charge in [-0.3, -0.25) is 28.3 Å². The molecule has 288 valence electrons. The fourth-order valence-corrected chi connectivity index (χ4v) is 6.43. The van der Waals surface area contributed by atoms with Crippen LogP contribution in [0, 0.1) is 0 Å². The largest absolute Gasteiger partial charge is 0.493 e. The summed E-state index contributed by atoms with van der Waals surface area (Å²) in [6.07, 6.45) is 2.02. The molecule has 1 amide bonds. The van der Waals surface area contributed by atoms with Gasteiger partial charge < -0.3 is 34.1 Å². The second-order valence-corrected chi connectivity index (χ2v) is 13.9. The van der Waals surface area contributed by atoms with Gasteiger partial charge in [0.2, 0.25) is 5.91 Å². The van der Waals surface area contributed by atoms with Crippen LogP contribution in [0.4, 0.5) is 5.69 Å². The van der Waals surface area contributed by atoms with E-state index in [9.17, 15) is 22.8 Å². The zero-order valence-electron chi connectivity index (χ0n) is 30.8. The number of aliphatic carboxylic acids is 1. The number of carboxylic acids is 1. The molecule has 0 aliphatic heterocycles.